The van der Waals surface area contributed by atoms with Crippen molar-refractivity contribution in [3.63, 3.8) is 0 Å². The molecule has 0 unspecified atom stereocenters. The van der Waals surface area contributed by atoms with Gasteiger partial charge in [0.2, 0.25) is 0 Å². The summed E-state index contributed by atoms with van der Waals surface area (Å²) in [6, 6.07) is 7.79. The van der Waals surface area contributed by atoms with E-state index in [0.717, 1.165) is 18.7 Å². The normalized spacial score (nSPS) is 10.4. The Kier molecular flexibility index (Phi) is 4.80. The highest BCUT2D eigenvalue weighted by atomic mass is 35.5. The number of aryl methyl sites for hydroxylation is 1. The zero-order chi connectivity index (χ0) is 13.8. The summed E-state index contributed by atoms with van der Waals surface area (Å²) in [4.78, 5) is 1.64. The number of halogens is 1. The molecule has 1 aromatic heterocycles. The highest BCUT2D eigenvalue weighted by Crippen LogP contribution is 2.26. The standard InChI is InChI=1S/C14H15ClN2S2/c1-2-9-6-7-19-12(9)8-17-11-5-3-4-10(15)13(11)14(16)18/h3-7,17H,2,8H2,1H3,(H2,16,18). The first-order chi connectivity index (χ1) is 9.13. The summed E-state index contributed by atoms with van der Waals surface area (Å²) >= 11 is 12.9. The van der Waals surface area contributed by atoms with Gasteiger partial charge in [0.25, 0.3) is 0 Å². The third-order valence-corrected chi connectivity index (χ3v) is 4.40. The van der Waals surface area contributed by atoms with Crippen LogP contribution in [0.15, 0.2) is 29.6 Å². The average molecular weight is 311 g/mol. The van der Waals surface area contributed by atoms with Crippen molar-refractivity contribution in [1.29, 1.82) is 0 Å². The van der Waals surface area contributed by atoms with E-state index in [2.05, 4.69) is 23.7 Å². The lowest BCUT2D eigenvalue weighted by Gasteiger charge is -2.12. The van der Waals surface area contributed by atoms with Crippen molar-refractivity contribution in [1.82, 2.24) is 0 Å². The summed E-state index contributed by atoms with van der Waals surface area (Å²) in [5, 5.41) is 6.07. The van der Waals surface area contributed by atoms with E-state index in [1.54, 1.807) is 17.4 Å². The number of nitrogens with two attached hydrogens (primary N) is 1. The van der Waals surface area contributed by atoms with Crippen LogP contribution in [0.2, 0.25) is 5.02 Å². The van der Waals surface area contributed by atoms with Crippen molar-refractivity contribution >= 4 is 45.8 Å². The van der Waals surface area contributed by atoms with Crippen molar-refractivity contribution in [2.45, 2.75) is 19.9 Å². The maximum absolute atomic E-state index is 6.14. The minimum absolute atomic E-state index is 0.315. The van der Waals surface area contributed by atoms with Crippen LogP contribution in [0.5, 0.6) is 0 Å². The molecule has 0 atom stereocenters. The first-order valence-electron chi connectivity index (χ1n) is 6.01. The third kappa shape index (κ3) is 3.26. The molecule has 0 aliphatic carbocycles. The van der Waals surface area contributed by atoms with Crippen LogP contribution in [0.1, 0.15) is 22.9 Å². The van der Waals surface area contributed by atoms with Gasteiger partial charge in [-0.2, -0.15) is 0 Å². The fourth-order valence-corrected chi connectivity index (χ4v) is 3.40. The van der Waals surface area contributed by atoms with Gasteiger partial charge in [-0.1, -0.05) is 36.8 Å². The molecule has 0 saturated heterocycles. The number of anilines is 1. The summed E-state index contributed by atoms with van der Waals surface area (Å²) in [5.41, 5.74) is 8.70. The molecule has 0 aliphatic rings. The Morgan fingerprint density at radius 1 is 1.42 bits per heavy atom. The molecule has 0 saturated carbocycles. The first kappa shape index (κ1) is 14.3. The molecule has 2 rings (SSSR count). The van der Waals surface area contributed by atoms with Crippen LogP contribution < -0.4 is 11.1 Å². The van der Waals surface area contributed by atoms with E-state index in [9.17, 15) is 0 Å². The Balaban J connectivity index is 2.20. The Labute approximate surface area is 127 Å². The number of rotatable bonds is 5. The van der Waals surface area contributed by atoms with Crippen LogP contribution >= 0.6 is 35.2 Å². The van der Waals surface area contributed by atoms with E-state index in [1.165, 1.54) is 10.4 Å². The quantitative estimate of drug-likeness (QED) is 0.812. The third-order valence-electron chi connectivity index (χ3n) is 2.92. The molecule has 2 nitrogen and oxygen atoms in total. The average Bonchev–Trinajstić information content (AvgIpc) is 2.83. The Bertz CT molecular complexity index is 593. The maximum Gasteiger partial charge on any atom is 0.107 e. The summed E-state index contributed by atoms with van der Waals surface area (Å²) in [7, 11) is 0. The smallest absolute Gasteiger partial charge is 0.107 e. The van der Waals surface area contributed by atoms with Gasteiger partial charge >= 0.3 is 0 Å². The van der Waals surface area contributed by atoms with E-state index in [1.807, 2.05) is 12.1 Å². The largest absolute Gasteiger partial charge is 0.389 e. The number of benzene rings is 1. The van der Waals surface area contributed by atoms with Crippen LogP contribution in [-0.4, -0.2) is 4.99 Å². The fourth-order valence-electron chi connectivity index (χ4n) is 1.93. The highest BCUT2D eigenvalue weighted by molar-refractivity contribution is 7.80. The molecule has 0 spiro atoms. The van der Waals surface area contributed by atoms with Crippen molar-refractivity contribution in [3.05, 3.63) is 50.7 Å². The van der Waals surface area contributed by atoms with Gasteiger partial charge in [0.15, 0.2) is 0 Å². The molecule has 19 heavy (non-hydrogen) atoms. The second-order valence-corrected chi connectivity index (χ2v) is 5.95. The number of nitrogens with one attached hydrogen (secondary N) is 1. The van der Waals surface area contributed by atoms with Gasteiger partial charge in [-0.15, -0.1) is 11.3 Å². The van der Waals surface area contributed by atoms with Crippen LogP contribution in [0.3, 0.4) is 0 Å². The lowest BCUT2D eigenvalue weighted by molar-refractivity contribution is 1.08. The van der Waals surface area contributed by atoms with E-state index in [4.69, 9.17) is 29.6 Å². The van der Waals surface area contributed by atoms with Gasteiger partial charge in [-0.3, -0.25) is 0 Å². The molecule has 0 aliphatic heterocycles. The van der Waals surface area contributed by atoms with E-state index >= 15 is 0 Å². The molecule has 1 aromatic carbocycles. The number of thiocarbonyl (C=S) groups is 1. The summed E-state index contributed by atoms with van der Waals surface area (Å²) in [6.45, 7) is 2.92. The van der Waals surface area contributed by atoms with Crippen LogP contribution in [0, 0.1) is 0 Å². The maximum atomic E-state index is 6.14. The van der Waals surface area contributed by atoms with Crippen LogP contribution in [0.25, 0.3) is 0 Å². The predicted octanol–water partition coefficient (Wildman–Crippen LogP) is 4.21. The summed E-state index contributed by atoms with van der Waals surface area (Å²) < 4.78 is 0. The van der Waals surface area contributed by atoms with Gasteiger partial charge in [0.05, 0.1) is 10.6 Å². The second-order valence-electron chi connectivity index (χ2n) is 4.10. The Morgan fingerprint density at radius 3 is 2.89 bits per heavy atom. The van der Waals surface area contributed by atoms with Gasteiger partial charge in [-0.25, -0.2) is 0 Å². The molecule has 100 valence electrons. The van der Waals surface area contributed by atoms with Gasteiger partial charge < -0.3 is 11.1 Å². The van der Waals surface area contributed by atoms with Gasteiger partial charge in [0.1, 0.15) is 4.99 Å². The molecule has 5 heteroatoms. The topological polar surface area (TPSA) is 38.0 Å². The summed E-state index contributed by atoms with van der Waals surface area (Å²) in [6.07, 6.45) is 1.04. The van der Waals surface area contributed by atoms with E-state index in [0.29, 0.717) is 15.6 Å². The Hall–Kier alpha value is -1.10. The monoisotopic (exact) mass is 310 g/mol. The first-order valence-corrected chi connectivity index (χ1v) is 7.67. The number of thiophene rings is 1. The molecule has 3 N–H and O–H groups in total. The van der Waals surface area contributed by atoms with Crippen molar-refractivity contribution in [2.24, 2.45) is 5.73 Å². The minimum Gasteiger partial charge on any atom is -0.389 e. The van der Waals surface area contributed by atoms with Gasteiger partial charge in [-0.05, 0) is 35.6 Å². The zero-order valence-electron chi connectivity index (χ0n) is 10.6. The molecule has 1 heterocycles. The van der Waals surface area contributed by atoms with Crippen molar-refractivity contribution in [3.8, 4) is 0 Å². The molecular formula is C14H15ClN2S2. The van der Waals surface area contributed by atoms with Crippen molar-refractivity contribution in [2.75, 3.05) is 5.32 Å². The van der Waals surface area contributed by atoms with Gasteiger partial charge in [0, 0.05) is 17.1 Å². The molecule has 0 bridgehead atoms. The predicted molar refractivity (Wildman–Crippen MR) is 88.4 cm³/mol. The Morgan fingerprint density at radius 2 is 2.21 bits per heavy atom. The zero-order valence-corrected chi connectivity index (χ0v) is 13.0. The molecule has 2 aromatic rings. The highest BCUT2D eigenvalue weighted by Gasteiger charge is 2.10. The van der Waals surface area contributed by atoms with Crippen LogP contribution in [-0.2, 0) is 13.0 Å². The van der Waals surface area contributed by atoms with E-state index < -0.39 is 0 Å². The SMILES string of the molecule is CCc1ccsc1CNc1cccc(Cl)c1C(N)=S. The lowest BCUT2D eigenvalue weighted by Crippen LogP contribution is -2.14. The molecule has 0 radical (unpaired) electrons. The van der Waals surface area contributed by atoms with Crippen LogP contribution in [0.4, 0.5) is 5.69 Å². The number of hydrogen-bond acceptors (Lipinski definition) is 3. The lowest BCUT2D eigenvalue weighted by atomic mass is 10.1. The molecule has 0 amide bonds. The van der Waals surface area contributed by atoms with Crippen molar-refractivity contribution < 1.29 is 0 Å². The molecule has 0 fully saturated rings. The van der Waals surface area contributed by atoms with E-state index in [-0.39, 0.29) is 0 Å². The number of hydrogen-bond donors (Lipinski definition) is 2. The minimum atomic E-state index is 0.315. The second kappa shape index (κ2) is 6.37. The fraction of sp³-hybridized carbons (Fsp3) is 0.214. The molecular weight excluding hydrogens is 296 g/mol. The summed E-state index contributed by atoms with van der Waals surface area (Å²) in [5.74, 6) is 0.